The molecule has 0 fully saturated rings. The highest BCUT2D eigenvalue weighted by molar-refractivity contribution is 5.73. The largest absolute Gasteiger partial charge is 0.496 e. The summed E-state index contributed by atoms with van der Waals surface area (Å²) in [5.41, 5.74) is 0.428. The summed E-state index contributed by atoms with van der Waals surface area (Å²) in [4.78, 5) is 11.7. The number of rotatable bonds is 8. The van der Waals surface area contributed by atoms with Crippen molar-refractivity contribution in [2.24, 2.45) is 0 Å². The van der Waals surface area contributed by atoms with E-state index >= 15 is 0 Å². The molecular formula is C18H21FN2O4. The summed E-state index contributed by atoms with van der Waals surface area (Å²) in [6, 6.07) is 11.1. The zero-order valence-electron chi connectivity index (χ0n) is 14.2. The molecule has 0 bridgehead atoms. The van der Waals surface area contributed by atoms with Crippen molar-refractivity contribution in [3.05, 3.63) is 53.8 Å². The Morgan fingerprint density at radius 2 is 1.64 bits per heavy atom. The van der Waals surface area contributed by atoms with Crippen LogP contribution in [0.1, 0.15) is 5.56 Å². The minimum atomic E-state index is -0.393. The molecule has 0 aliphatic carbocycles. The summed E-state index contributed by atoms with van der Waals surface area (Å²) < 4.78 is 29.3. The van der Waals surface area contributed by atoms with Crippen LogP contribution in [0.4, 0.5) is 9.18 Å². The second-order valence-corrected chi connectivity index (χ2v) is 5.10. The van der Waals surface area contributed by atoms with Crippen molar-refractivity contribution in [3.8, 4) is 17.2 Å². The first kappa shape index (κ1) is 18.4. The van der Waals surface area contributed by atoms with Crippen LogP contribution in [0.15, 0.2) is 42.5 Å². The van der Waals surface area contributed by atoms with Crippen LogP contribution in [0.2, 0.25) is 0 Å². The van der Waals surface area contributed by atoms with Gasteiger partial charge in [-0.25, -0.2) is 9.18 Å². The lowest BCUT2D eigenvalue weighted by molar-refractivity contribution is 0.236. The van der Waals surface area contributed by atoms with Gasteiger partial charge >= 0.3 is 6.03 Å². The van der Waals surface area contributed by atoms with E-state index in [0.717, 1.165) is 0 Å². The first-order valence-corrected chi connectivity index (χ1v) is 7.73. The van der Waals surface area contributed by atoms with Gasteiger partial charge in [0.1, 0.15) is 29.7 Å². The van der Waals surface area contributed by atoms with Crippen LogP contribution in [0.5, 0.6) is 17.2 Å². The van der Waals surface area contributed by atoms with Crippen molar-refractivity contribution in [1.29, 1.82) is 0 Å². The Morgan fingerprint density at radius 3 is 2.28 bits per heavy atom. The average molecular weight is 348 g/mol. The summed E-state index contributed by atoms with van der Waals surface area (Å²) in [5, 5.41) is 5.23. The SMILES string of the molecule is COc1cc(OC)cc(OCCNC(=O)NCc2ccccc2F)c1. The lowest BCUT2D eigenvalue weighted by atomic mass is 10.2. The lowest BCUT2D eigenvalue weighted by Gasteiger charge is -2.11. The van der Waals surface area contributed by atoms with Gasteiger partial charge in [-0.2, -0.15) is 0 Å². The summed E-state index contributed by atoms with van der Waals surface area (Å²) in [6.07, 6.45) is 0. The van der Waals surface area contributed by atoms with E-state index in [1.807, 2.05) is 0 Å². The Morgan fingerprint density at radius 1 is 1.00 bits per heavy atom. The maximum absolute atomic E-state index is 13.4. The van der Waals surface area contributed by atoms with E-state index < -0.39 is 6.03 Å². The lowest BCUT2D eigenvalue weighted by Crippen LogP contribution is -2.37. The van der Waals surface area contributed by atoms with Gasteiger partial charge in [-0.1, -0.05) is 18.2 Å². The van der Waals surface area contributed by atoms with Crippen molar-refractivity contribution >= 4 is 6.03 Å². The number of benzene rings is 2. The Balaban J connectivity index is 1.72. The summed E-state index contributed by atoms with van der Waals surface area (Å²) >= 11 is 0. The second kappa shape index (κ2) is 9.36. The van der Waals surface area contributed by atoms with Crippen LogP contribution in [-0.4, -0.2) is 33.4 Å². The molecule has 0 saturated carbocycles. The highest BCUT2D eigenvalue weighted by Crippen LogP contribution is 2.27. The number of ether oxygens (including phenoxy) is 3. The Kier molecular flexibility index (Phi) is 6.88. The minimum absolute atomic E-state index is 0.118. The van der Waals surface area contributed by atoms with E-state index in [-0.39, 0.29) is 19.0 Å². The van der Waals surface area contributed by atoms with E-state index in [1.54, 1.807) is 50.6 Å². The molecule has 2 rings (SSSR count). The van der Waals surface area contributed by atoms with Crippen LogP contribution in [0, 0.1) is 5.82 Å². The molecule has 0 aliphatic rings. The highest BCUT2D eigenvalue weighted by atomic mass is 19.1. The molecule has 2 aromatic carbocycles. The van der Waals surface area contributed by atoms with E-state index in [1.165, 1.54) is 6.07 Å². The van der Waals surface area contributed by atoms with Gasteiger partial charge in [-0.05, 0) is 6.07 Å². The first-order chi connectivity index (χ1) is 12.1. The average Bonchev–Trinajstić information content (AvgIpc) is 2.64. The number of hydrogen-bond donors (Lipinski definition) is 2. The summed E-state index contributed by atoms with van der Waals surface area (Å²) in [7, 11) is 3.11. The molecule has 0 heterocycles. The monoisotopic (exact) mass is 348 g/mol. The molecule has 25 heavy (non-hydrogen) atoms. The molecule has 0 unspecified atom stereocenters. The fraction of sp³-hybridized carbons (Fsp3) is 0.278. The predicted octanol–water partition coefficient (Wildman–Crippen LogP) is 2.72. The zero-order chi connectivity index (χ0) is 18.1. The molecule has 6 nitrogen and oxygen atoms in total. The Hall–Kier alpha value is -2.96. The molecule has 2 aromatic rings. The molecule has 0 aromatic heterocycles. The third-order valence-corrected chi connectivity index (χ3v) is 3.38. The van der Waals surface area contributed by atoms with Crippen LogP contribution in [0.25, 0.3) is 0 Å². The molecular weight excluding hydrogens is 327 g/mol. The van der Waals surface area contributed by atoms with Crippen LogP contribution < -0.4 is 24.8 Å². The normalized spacial score (nSPS) is 10.0. The standard InChI is InChI=1S/C18H21FN2O4/c1-23-14-9-15(24-2)11-16(10-14)25-8-7-20-18(22)21-12-13-5-3-4-6-17(13)19/h3-6,9-11H,7-8,12H2,1-2H3,(H2,20,21,22). The fourth-order valence-corrected chi connectivity index (χ4v) is 2.08. The third kappa shape index (κ3) is 5.87. The molecule has 0 spiro atoms. The number of nitrogens with one attached hydrogen (secondary N) is 2. The van der Waals surface area contributed by atoms with E-state index in [0.29, 0.717) is 29.4 Å². The fourth-order valence-electron chi connectivity index (χ4n) is 2.08. The van der Waals surface area contributed by atoms with Gasteiger partial charge in [0, 0.05) is 30.3 Å². The van der Waals surface area contributed by atoms with Crippen LogP contribution >= 0.6 is 0 Å². The van der Waals surface area contributed by atoms with E-state index in [4.69, 9.17) is 14.2 Å². The van der Waals surface area contributed by atoms with Gasteiger partial charge in [-0.15, -0.1) is 0 Å². The van der Waals surface area contributed by atoms with Crippen molar-refractivity contribution in [2.75, 3.05) is 27.4 Å². The molecule has 134 valence electrons. The zero-order valence-corrected chi connectivity index (χ0v) is 14.2. The Labute approximate surface area is 145 Å². The van der Waals surface area contributed by atoms with Crippen LogP contribution in [-0.2, 0) is 6.54 Å². The highest BCUT2D eigenvalue weighted by Gasteiger charge is 2.05. The van der Waals surface area contributed by atoms with Gasteiger partial charge in [0.15, 0.2) is 0 Å². The molecule has 0 radical (unpaired) electrons. The number of methoxy groups -OCH3 is 2. The summed E-state index contributed by atoms with van der Waals surface area (Å²) in [5.74, 6) is 1.46. The second-order valence-electron chi connectivity index (χ2n) is 5.10. The van der Waals surface area contributed by atoms with Crippen molar-refractivity contribution < 1.29 is 23.4 Å². The van der Waals surface area contributed by atoms with E-state index in [2.05, 4.69) is 10.6 Å². The number of carbonyl (C=O) groups is 1. The third-order valence-electron chi connectivity index (χ3n) is 3.38. The number of carbonyl (C=O) groups excluding carboxylic acids is 1. The molecule has 0 aliphatic heterocycles. The van der Waals surface area contributed by atoms with Gasteiger partial charge in [0.25, 0.3) is 0 Å². The number of urea groups is 1. The van der Waals surface area contributed by atoms with Crippen LogP contribution in [0.3, 0.4) is 0 Å². The number of halogens is 1. The molecule has 2 N–H and O–H groups in total. The minimum Gasteiger partial charge on any atom is -0.496 e. The molecule has 0 atom stereocenters. The Bertz CT molecular complexity index is 687. The quantitative estimate of drug-likeness (QED) is 0.720. The van der Waals surface area contributed by atoms with Gasteiger partial charge < -0.3 is 24.8 Å². The van der Waals surface area contributed by atoms with Gasteiger partial charge in [0.2, 0.25) is 0 Å². The molecule has 7 heteroatoms. The van der Waals surface area contributed by atoms with Crippen molar-refractivity contribution in [1.82, 2.24) is 10.6 Å². The summed E-state index contributed by atoms with van der Waals surface area (Å²) in [6.45, 7) is 0.679. The number of amides is 2. The topological polar surface area (TPSA) is 68.8 Å². The van der Waals surface area contributed by atoms with Gasteiger partial charge in [0.05, 0.1) is 20.8 Å². The van der Waals surface area contributed by atoms with E-state index in [9.17, 15) is 9.18 Å². The molecule has 2 amide bonds. The molecule has 0 saturated heterocycles. The smallest absolute Gasteiger partial charge is 0.315 e. The van der Waals surface area contributed by atoms with Gasteiger partial charge in [-0.3, -0.25) is 0 Å². The van der Waals surface area contributed by atoms with Crippen molar-refractivity contribution in [2.45, 2.75) is 6.54 Å². The predicted molar refractivity (Wildman–Crippen MR) is 91.7 cm³/mol. The first-order valence-electron chi connectivity index (χ1n) is 7.73. The number of hydrogen-bond acceptors (Lipinski definition) is 4. The van der Waals surface area contributed by atoms with Crippen molar-refractivity contribution in [3.63, 3.8) is 0 Å². The maximum Gasteiger partial charge on any atom is 0.315 e. The maximum atomic E-state index is 13.4.